The van der Waals surface area contributed by atoms with Crippen LogP contribution in [0.3, 0.4) is 0 Å². The fourth-order valence-electron chi connectivity index (χ4n) is 3.19. The van der Waals surface area contributed by atoms with Crippen molar-refractivity contribution < 1.29 is 9.18 Å². The first-order valence-electron chi connectivity index (χ1n) is 9.18. The first kappa shape index (κ1) is 20.3. The summed E-state index contributed by atoms with van der Waals surface area (Å²) < 4.78 is 14.9. The smallest absolute Gasteiger partial charge is 0.262 e. The molecule has 0 radical (unpaired) electrons. The van der Waals surface area contributed by atoms with Crippen LogP contribution in [0.4, 0.5) is 4.39 Å². The highest BCUT2D eigenvalue weighted by Crippen LogP contribution is 2.27. The number of carbonyl (C=O) groups is 1. The summed E-state index contributed by atoms with van der Waals surface area (Å²) >= 11 is 7.06. The molecule has 0 bridgehead atoms. The lowest BCUT2D eigenvalue weighted by Gasteiger charge is -2.06. The van der Waals surface area contributed by atoms with E-state index in [1.165, 1.54) is 34.4 Å². The summed E-state index contributed by atoms with van der Waals surface area (Å²) in [6.45, 7) is 2.29. The summed E-state index contributed by atoms with van der Waals surface area (Å²) in [6.07, 6.45) is 1.43. The highest BCUT2D eigenvalue weighted by molar-refractivity contribution is 7.20. The standard InChI is InChI=1S/C22H17ClFN3O2S/c1-13-18-21(26-12-27(22(18)29)11-15-3-2-4-17(24)9-15)30-19(13)20(28)25-10-14-5-7-16(23)8-6-14/h2-9,12H,10-11H2,1H3,(H,25,28). The lowest BCUT2D eigenvalue weighted by Crippen LogP contribution is -2.23. The van der Waals surface area contributed by atoms with Gasteiger partial charge in [-0.15, -0.1) is 11.3 Å². The number of nitrogens with zero attached hydrogens (tertiary/aromatic N) is 2. The van der Waals surface area contributed by atoms with E-state index in [2.05, 4.69) is 10.3 Å². The van der Waals surface area contributed by atoms with Crippen LogP contribution in [0.15, 0.2) is 59.7 Å². The van der Waals surface area contributed by atoms with E-state index in [1.807, 2.05) is 12.1 Å². The van der Waals surface area contributed by atoms with Crippen LogP contribution in [0, 0.1) is 12.7 Å². The van der Waals surface area contributed by atoms with Crippen molar-refractivity contribution in [1.29, 1.82) is 0 Å². The van der Waals surface area contributed by atoms with E-state index >= 15 is 0 Å². The van der Waals surface area contributed by atoms with E-state index in [9.17, 15) is 14.0 Å². The van der Waals surface area contributed by atoms with E-state index < -0.39 is 0 Å². The zero-order chi connectivity index (χ0) is 21.3. The van der Waals surface area contributed by atoms with Gasteiger partial charge in [0.05, 0.1) is 23.1 Å². The van der Waals surface area contributed by atoms with Crippen molar-refractivity contribution in [3.8, 4) is 0 Å². The number of carbonyl (C=O) groups excluding carboxylic acids is 1. The summed E-state index contributed by atoms with van der Waals surface area (Å²) in [7, 11) is 0. The van der Waals surface area contributed by atoms with Crippen molar-refractivity contribution in [3.05, 3.63) is 97.6 Å². The molecule has 0 aliphatic heterocycles. The molecule has 5 nitrogen and oxygen atoms in total. The second-order valence-corrected chi connectivity index (χ2v) is 8.29. The molecule has 152 valence electrons. The monoisotopic (exact) mass is 441 g/mol. The zero-order valence-corrected chi connectivity index (χ0v) is 17.6. The number of thiophene rings is 1. The molecule has 2 heterocycles. The SMILES string of the molecule is Cc1c(C(=O)NCc2ccc(Cl)cc2)sc2ncn(Cc3cccc(F)c3)c(=O)c12. The van der Waals surface area contributed by atoms with Crippen LogP contribution in [0.25, 0.3) is 10.2 Å². The Labute approximate surface area is 180 Å². The number of aromatic nitrogens is 2. The quantitative estimate of drug-likeness (QED) is 0.494. The molecule has 8 heteroatoms. The number of hydrogen-bond donors (Lipinski definition) is 1. The molecular formula is C22H17ClFN3O2S. The number of halogens is 2. The molecule has 0 saturated carbocycles. The molecule has 0 spiro atoms. The molecule has 1 amide bonds. The Hall–Kier alpha value is -3.03. The van der Waals surface area contributed by atoms with Gasteiger partial charge in [-0.3, -0.25) is 14.2 Å². The Kier molecular flexibility index (Phi) is 5.65. The molecule has 1 N–H and O–H groups in total. The van der Waals surface area contributed by atoms with Gasteiger partial charge in [-0.05, 0) is 47.9 Å². The number of aryl methyl sites for hydroxylation is 1. The zero-order valence-electron chi connectivity index (χ0n) is 16.0. The maximum Gasteiger partial charge on any atom is 0.262 e. The Morgan fingerprint density at radius 2 is 1.97 bits per heavy atom. The van der Waals surface area contributed by atoms with Crippen LogP contribution in [0.5, 0.6) is 0 Å². The molecule has 30 heavy (non-hydrogen) atoms. The molecule has 2 aromatic carbocycles. The van der Waals surface area contributed by atoms with E-state index in [1.54, 1.807) is 31.2 Å². The van der Waals surface area contributed by atoms with Crippen molar-refractivity contribution in [2.75, 3.05) is 0 Å². The van der Waals surface area contributed by atoms with Gasteiger partial charge in [-0.25, -0.2) is 9.37 Å². The maximum atomic E-state index is 13.4. The van der Waals surface area contributed by atoms with Gasteiger partial charge in [0, 0.05) is 11.6 Å². The van der Waals surface area contributed by atoms with Crippen LogP contribution in [-0.2, 0) is 13.1 Å². The number of hydrogen-bond acceptors (Lipinski definition) is 4. The van der Waals surface area contributed by atoms with Gasteiger partial charge in [0.1, 0.15) is 10.6 Å². The van der Waals surface area contributed by atoms with Crippen molar-refractivity contribution in [2.45, 2.75) is 20.0 Å². The van der Waals surface area contributed by atoms with Gasteiger partial charge in [-0.1, -0.05) is 35.9 Å². The third kappa shape index (κ3) is 4.13. The van der Waals surface area contributed by atoms with E-state index in [4.69, 9.17) is 11.6 Å². The lowest BCUT2D eigenvalue weighted by molar-refractivity contribution is 0.0954. The van der Waals surface area contributed by atoms with Crippen molar-refractivity contribution in [2.24, 2.45) is 0 Å². The molecular weight excluding hydrogens is 425 g/mol. The van der Waals surface area contributed by atoms with E-state index in [-0.39, 0.29) is 23.8 Å². The first-order valence-corrected chi connectivity index (χ1v) is 10.4. The number of amides is 1. The molecule has 0 unspecified atom stereocenters. The van der Waals surface area contributed by atoms with Gasteiger partial charge in [-0.2, -0.15) is 0 Å². The minimum Gasteiger partial charge on any atom is -0.347 e. The minimum atomic E-state index is -0.360. The van der Waals surface area contributed by atoms with Gasteiger partial charge in [0.2, 0.25) is 0 Å². The molecule has 0 saturated heterocycles. The van der Waals surface area contributed by atoms with Crippen molar-refractivity contribution >= 4 is 39.1 Å². The number of fused-ring (bicyclic) bond motifs is 1. The Morgan fingerprint density at radius 3 is 2.70 bits per heavy atom. The topological polar surface area (TPSA) is 64.0 Å². The second kappa shape index (κ2) is 8.38. The molecule has 0 fully saturated rings. The van der Waals surface area contributed by atoms with Crippen molar-refractivity contribution in [3.63, 3.8) is 0 Å². The average Bonchev–Trinajstić information content (AvgIpc) is 3.07. The van der Waals surface area contributed by atoms with Crippen LogP contribution in [0.1, 0.15) is 26.4 Å². The third-order valence-corrected chi connectivity index (χ3v) is 6.18. The fourth-order valence-corrected chi connectivity index (χ4v) is 4.37. The first-order chi connectivity index (χ1) is 14.4. The maximum absolute atomic E-state index is 13.4. The highest BCUT2D eigenvalue weighted by Gasteiger charge is 2.19. The highest BCUT2D eigenvalue weighted by atomic mass is 35.5. The van der Waals surface area contributed by atoms with Crippen LogP contribution < -0.4 is 10.9 Å². The van der Waals surface area contributed by atoms with Gasteiger partial charge >= 0.3 is 0 Å². The fraction of sp³-hybridized carbons (Fsp3) is 0.136. The second-order valence-electron chi connectivity index (χ2n) is 6.85. The van der Waals surface area contributed by atoms with Crippen LogP contribution >= 0.6 is 22.9 Å². The van der Waals surface area contributed by atoms with Crippen LogP contribution in [0.2, 0.25) is 5.02 Å². The molecule has 4 aromatic rings. The summed E-state index contributed by atoms with van der Waals surface area (Å²) in [6, 6.07) is 13.3. The Bertz CT molecular complexity index is 1300. The lowest BCUT2D eigenvalue weighted by atomic mass is 10.2. The number of benzene rings is 2. The molecule has 4 rings (SSSR count). The van der Waals surface area contributed by atoms with Gasteiger partial charge in [0.25, 0.3) is 11.5 Å². The Balaban J connectivity index is 1.60. The van der Waals surface area contributed by atoms with Crippen LogP contribution in [-0.4, -0.2) is 15.5 Å². The van der Waals surface area contributed by atoms with Gasteiger partial charge in [0.15, 0.2) is 0 Å². The van der Waals surface area contributed by atoms with Crippen molar-refractivity contribution in [1.82, 2.24) is 14.9 Å². The van der Waals surface area contributed by atoms with E-state index in [0.717, 1.165) is 5.56 Å². The Morgan fingerprint density at radius 1 is 1.20 bits per heavy atom. The molecule has 2 aromatic heterocycles. The molecule has 0 atom stereocenters. The molecule has 0 aliphatic rings. The van der Waals surface area contributed by atoms with Gasteiger partial charge < -0.3 is 5.32 Å². The minimum absolute atomic E-state index is 0.201. The summed E-state index contributed by atoms with van der Waals surface area (Å²) in [5.74, 6) is -0.623. The largest absolute Gasteiger partial charge is 0.347 e. The summed E-state index contributed by atoms with van der Waals surface area (Å²) in [5.41, 5.74) is 1.92. The summed E-state index contributed by atoms with van der Waals surface area (Å²) in [4.78, 5) is 31.0. The number of nitrogens with one attached hydrogen (secondary N) is 1. The molecule has 0 aliphatic carbocycles. The van der Waals surface area contributed by atoms with E-state index in [0.29, 0.717) is 37.8 Å². The third-order valence-electron chi connectivity index (χ3n) is 4.73. The average molecular weight is 442 g/mol. The normalized spacial score (nSPS) is 11.0. The predicted molar refractivity (Wildman–Crippen MR) is 117 cm³/mol. The number of rotatable bonds is 5. The predicted octanol–water partition coefficient (Wildman–Crippen LogP) is 4.54. The summed E-state index contributed by atoms with van der Waals surface area (Å²) in [5, 5.41) is 3.91.